The normalized spacial score (nSPS) is 16.2. The molecule has 0 radical (unpaired) electrons. The van der Waals surface area contributed by atoms with Crippen molar-refractivity contribution in [1.82, 2.24) is 0 Å². The summed E-state index contributed by atoms with van der Waals surface area (Å²) in [5.74, 6) is 0. The summed E-state index contributed by atoms with van der Waals surface area (Å²) in [6, 6.07) is 0.273. The molecule has 0 aromatic carbocycles. The second kappa shape index (κ2) is 7.38. The van der Waals surface area contributed by atoms with Crippen molar-refractivity contribution < 1.29 is 0 Å². The van der Waals surface area contributed by atoms with Crippen molar-refractivity contribution in [3.63, 3.8) is 0 Å². The molecule has 0 aliphatic heterocycles. The van der Waals surface area contributed by atoms with Crippen LogP contribution in [0.3, 0.4) is 0 Å². The highest BCUT2D eigenvalue weighted by Gasteiger charge is 2.34. The van der Waals surface area contributed by atoms with Gasteiger partial charge >= 0.3 is 0 Å². The topological polar surface area (TPSA) is 24.7 Å². The van der Waals surface area contributed by atoms with Crippen molar-refractivity contribution in [2.45, 2.75) is 93.2 Å². The number of nitrogens with zero attached hydrogens (tertiary/aromatic N) is 2. The van der Waals surface area contributed by atoms with Crippen molar-refractivity contribution >= 4 is 12.4 Å². The molecule has 0 rings (SSSR count). The molecule has 2 heteroatoms. The maximum atomic E-state index is 5.00. The maximum Gasteiger partial charge on any atom is 0.0821 e. The van der Waals surface area contributed by atoms with Gasteiger partial charge in [0.2, 0.25) is 0 Å². The number of hydrogen-bond donors (Lipinski definition) is 0. The zero-order valence-corrected chi connectivity index (χ0v) is 15.2. The highest BCUT2D eigenvalue weighted by atomic mass is 15.0. The Labute approximate surface area is 127 Å². The fourth-order valence-electron chi connectivity index (χ4n) is 2.25. The van der Waals surface area contributed by atoms with Crippen LogP contribution in [0.15, 0.2) is 9.98 Å². The van der Waals surface area contributed by atoms with Gasteiger partial charge in [-0.1, -0.05) is 62.3 Å². The van der Waals surface area contributed by atoms with E-state index in [-0.39, 0.29) is 22.4 Å². The van der Waals surface area contributed by atoms with Crippen LogP contribution in [0.5, 0.6) is 0 Å². The molecule has 0 saturated heterocycles. The lowest BCUT2D eigenvalue weighted by Gasteiger charge is -2.34. The van der Waals surface area contributed by atoms with Crippen LogP contribution < -0.4 is 0 Å². The zero-order chi connectivity index (χ0) is 16.0. The maximum absolute atomic E-state index is 5.00. The highest BCUT2D eigenvalue weighted by molar-refractivity contribution is 5.66. The number of rotatable bonds is 6. The fourth-order valence-corrected chi connectivity index (χ4v) is 2.25. The lowest BCUT2D eigenvalue weighted by Crippen LogP contribution is -2.39. The first-order chi connectivity index (χ1) is 8.99. The van der Waals surface area contributed by atoms with Crippen LogP contribution in [0.4, 0.5) is 0 Å². The molecule has 118 valence electrons. The van der Waals surface area contributed by atoms with Gasteiger partial charge in [-0.25, -0.2) is 0 Å². The third kappa shape index (κ3) is 6.67. The van der Waals surface area contributed by atoms with Gasteiger partial charge in [-0.15, -0.1) is 0 Å². The minimum atomic E-state index is -0.0518. The Bertz CT molecular complexity index is 322. The molecule has 0 aliphatic rings. The Morgan fingerprint density at radius 1 is 0.800 bits per heavy atom. The van der Waals surface area contributed by atoms with Crippen molar-refractivity contribution in [2.75, 3.05) is 0 Å². The van der Waals surface area contributed by atoms with Crippen molar-refractivity contribution in [2.24, 2.45) is 20.8 Å². The summed E-state index contributed by atoms with van der Waals surface area (Å²) in [6.07, 6.45) is 7.34. The smallest absolute Gasteiger partial charge is 0.0821 e. The van der Waals surface area contributed by atoms with Gasteiger partial charge in [0, 0.05) is 12.4 Å². The largest absolute Gasteiger partial charge is 0.291 e. The summed E-state index contributed by atoms with van der Waals surface area (Å²) in [6.45, 7) is 19.9. The van der Waals surface area contributed by atoms with E-state index >= 15 is 0 Å². The van der Waals surface area contributed by atoms with Gasteiger partial charge in [-0.2, -0.15) is 0 Å². The molecule has 0 aliphatic carbocycles. The Kier molecular flexibility index (Phi) is 7.13. The van der Waals surface area contributed by atoms with E-state index in [1.54, 1.807) is 0 Å². The van der Waals surface area contributed by atoms with Gasteiger partial charge in [-0.05, 0) is 30.1 Å². The molecule has 0 aromatic rings. The van der Waals surface area contributed by atoms with Crippen molar-refractivity contribution in [3.8, 4) is 0 Å². The van der Waals surface area contributed by atoms with Gasteiger partial charge in [-0.3, -0.25) is 9.98 Å². The monoisotopic (exact) mass is 280 g/mol. The molecular weight excluding hydrogens is 244 g/mol. The molecule has 0 spiro atoms. The SMILES string of the molecule is CCC(N=CC(C)(C)C)C(CC)(CC)N=CC(C)(C)C. The van der Waals surface area contributed by atoms with E-state index in [2.05, 4.69) is 74.7 Å². The van der Waals surface area contributed by atoms with Crippen LogP contribution in [0.2, 0.25) is 0 Å². The number of aliphatic imine (C=N–C) groups is 2. The Hall–Kier alpha value is -0.660. The fraction of sp³-hybridized carbons (Fsp3) is 0.889. The zero-order valence-electron chi connectivity index (χ0n) is 15.2. The summed E-state index contributed by atoms with van der Waals surface area (Å²) in [5, 5.41) is 0. The minimum absolute atomic E-state index is 0.0518. The molecule has 0 heterocycles. The molecule has 0 bridgehead atoms. The lowest BCUT2D eigenvalue weighted by molar-refractivity contribution is 0.316. The van der Waals surface area contributed by atoms with E-state index in [0.29, 0.717) is 0 Å². The first kappa shape index (κ1) is 19.3. The molecule has 0 amide bonds. The third-order valence-corrected chi connectivity index (χ3v) is 3.58. The second-order valence-electron chi connectivity index (χ2n) is 8.00. The van der Waals surface area contributed by atoms with E-state index in [4.69, 9.17) is 9.98 Å². The van der Waals surface area contributed by atoms with Crippen LogP contribution in [-0.2, 0) is 0 Å². The van der Waals surface area contributed by atoms with Crippen LogP contribution >= 0.6 is 0 Å². The quantitative estimate of drug-likeness (QED) is 0.569. The second-order valence-corrected chi connectivity index (χ2v) is 8.00. The van der Waals surface area contributed by atoms with Crippen LogP contribution in [0.1, 0.15) is 81.6 Å². The van der Waals surface area contributed by atoms with Gasteiger partial charge in [0.1, 0.15) is 0 Å². The Morgan fingerprint density at radius 2 is 1.25 bits per heavy atom. The molecule has 1 unspecified atom stereocenters. The molecule has 20 heavy (non-hydrogen) atoms. The average Bonchev–Trinajstić information content (AvgIpc) is 2.31. The standard InChI is InChI=1S/C18H36N2/c1-10-15(19-13-16(4,5)6)18(11-2,12-3)20-14-17(7,8)9/h13-15H,10-12H2,1-9H3. The average molecular weight is 280 g/mol. The Balaban J connectivity index is 5.40. The summed E-state index contributed by atoms with van der Waals surface area (Å²) in [4.78, 5) is 9.89. The van der Waals surface area contributed by atoms with Gasteiger partial charge < -0.3 is 0 Å². The van der Waals surface area contributed by atoms with Crippen molar-refractivity contribution in [3.05, 3.63) is 0 Å². The summed E-state index contributed by atoms with van der Waals surface area (Å²) in [7, 11) is 0. The van der Waals surface area contributed by atoms with Crippen LogP contribution in [0.25, 0.3) is 0 Å². The molecular formula is C18H36N2. The molecule has 0 fully saturated rings. The van der Waals surface area contributed by atoms with Gasteiger partial charge in [0.15, 0.2) is 0 Å². The molecule has 2 nitrogen and oxygen atoms in total. The van der Waals surface area contributed by atoms with E-state index in [1.807, 2.05) is 0 Å². The molecule has 1 atom stereocenters. The summed E-state index contributed by atoms with van der Waals surface area (Å²) < 4.78 is 0. The highest BCUT2D eigenvalue weighted by Crippen LogP contribution is 2.30. The van der Waals surface area contributed by atoms with E-state index in [0.717, 1.165) is 19.3 Å². The van der Waals surface area contributed by atoms with E-state index in [1.165, 1.54) is 0 Å². The van der Waals surface area contributed by atoms with Crippen molar-refractivity contribution in [1.29, 1.82) is 0 Å². The first-order valence-electron chi connectivity index (χ1n) is 8.10. The molecule has 0 saturated carbocycles. The van der Waals surface area contributed by atoms with E-state index < -0.39 is 0 Å². The summed E-state index contributed by atoms with van der Waals surface area (Å²) >= 11 is 0. The van der Waals surface area contributed by atoms with Gasteiger partial charge in [0.25, 0.3) is 0 Å². The summed E-state index contributed by atoms with van der Waals surface area (Å²) in [5.41, 5.74) is 0.208. The minimum Gasteiger partial charge on any atom is -0.291 e. The molecule has 0 aromatic heterocycles. The molecule has 0 N–H and O–H groups in total. The van der Waals surface area contributed by atoms with Gasteiger partial charge in [0.05, 0.1) is 11.6 Å². The van der Waals surface area contributed by atoms with Crippen LogP contribution in [0, 0.1) is 10.8 Å². The first-order valence-corrected chi connectivity index (χ1v) is 8.10. The Morgan fingerprint density at radius 3 is 1.55 bits per heavy atom. The van der Waals surface area contributed by atoms with Crippen LogP contribution in [-0.4, -0.2) is 24.0 Å². The number of hydrogen-bond acceptors (Lipinski definition) is 2. The third-order valence-electron chi connectivity index (χ3n) is 3.58. The predicted molar refractivity (Wildman–Crippen MR) is 93.3 cm³/mol. The van der Waals surface area contributed by atoms with E-state index in [9.17, 15) is 0 Å². The predicted octanol–water partition coefficient (Wildman–Crippen LogP) is 5.56. The lowest BCUT2D eigenvalue weighted by atomic mass is 9.83.